The molecule has 0 aliphatic carbocycles. The molecule has 6 nitrogen and oxygen atoms in total. The number of rotatable bonds is 4. The summed E-state index contributed by atoms with van der Waals surface area (Å²) in [7, 11) is 0. The van der Waals surface area contributed by atoms with Crippen LogP contribution in [-0.2, 0) is 17.7 Å². The van der Waals surface area contributed by atoms with E-state index < -0.39 is 0 Å². The molecule has 4 rings (SSSR count). The molecule has 0 radical (unpaired) electrons. The van der Waals surface area contributed by atoms with Crippen LogP contribution in [0.3, 0.4) is 0 Å². The zero-order chi connectivity index (χ0) is 20.4. The molecule has 0 bridgehead atoms. The van der Waals surface area contributed by atoms with Crippen molar-refractivity contribution in [3.8, 4) is 0 Å². The van der Waals surface area contributed by atoms with Gasteiger partial charge in [-0.3, -0.25) is 14.7 Å². The lowest BCUT2D eigenvalue weighted by atomic mass is 10.1. The molecule has 1 N–H and O–H groups in total. The Kier molecular flexibility index (Phi) is 5.83. The largest absolute Gasteiger partial charge is 0.372 e. The Bertz CT molecular complexity index is 928. The minimum Gasteiger partial charge on any atom is -0.372 e. The second-order valence-electron chi connectivity index (χ2n) is 8.34. The van der Waals surface area contributed by atoms with Crippen LogP contribution in [0.1, 0.15) is 37.6 Å². The number of ether oxygens (including phenoxy) is 1. The third-order valence-electron chi connectivity index (χ3n) is 5.54. The number of aromatic amines is 1. The summed E-state index contributed by atoms with van der Waals surface area (Å²) < 4.78 is 5.81. The number of H-pyrrole nitrogens is 1. The van der Waals surface area contributed by atoms with Crippen LogP contribution in [-0.4, -0.2) is 53.3 Å². The number of aromatic nitrogens is 2. The quantitative estimate of drug-likeness (QED) is 0.864. The van der Waals surface area contributed by atoms with Crippen molar-refractivity contribution >= 4 is 12.0 Å². The fourth-order valence-corrected chi connectivity index (χ4v) is 4.35. The van der Waals surface area contributed by atoms with Gasteiger partial charge >= 0.3 is 0 Å². The van der Waals surface area contributed by atoms with Crippen molar-refractivity contribution in [1.29, 1.82) is 0 Å². The first-order valence-electron chi connectivity index (χ1n) is 10.4. The maximum Gasteiger partial charge on any atom is 0.255 e. The molecule has 6 heteroatoms. The molecule has 3 heterocycles. The van der Waals surface area contributed by atoms with E-state index in [9.17, 15) is 4.79 Å². The van der Waals surface area contributed by atoms with Crippen LogP contribution in [0.2, 0.25) is 0 Å². The molecule has 0 saturated carbocycles. The van der Waals surface area contributed by atoms with Crippen LogP contribution in [0.5, 0.6) is 0 Å². The average molecular weight is 395 g/mol. The van der Waals surface area contributed by atoms with Crippen LogP contribution in [0.25, 0.3) is 6.08 Å². The molecule has 2 aliphatic rings. The van der Waals surface area contributed by atoms with Crippen molar-refractivity contribution in [2.24, 2.45) is 0 Å². The highest BCUT2D eigenvalue weighted by Crippen LogP contribution is 2.20. The number of fused-ring (bicyclic) bond motifs is 1. The Morgan fingerprint density at radius 3 is 2.69 bits per heavy atom. The van der Waals surface area contributed by atoms with Crippen LogP contribution >= 0.6 is 0 Å². The van der Waals surface area contributed by atoms with E-state index in [0.29, 0.717) is 12.5 Å². The molecule has 2 unspecified atom stereocenters. The molecule has 1 saturated heterocycles. The van der Waals surface area contributed by atoms with E-state index in [0.717, 1.165) is 43.9 Å². The molecule has 2 aliphatic heterocycles. The Labute approximate surface area is 172 Å². The molecule has 0 amide bonds. The Morgan fingerprint density at radius 1 is 1.24 bits per heavy atom. The van der Waals surface area contributed by atoms with E-state index in [1.54, 1.807) is 0 Å². The predicted octanol–water partition coefficient (Wildman–Crippen LogP) is 2.85. The van der Waals surface area contributed by atoms with Crippen LogP contribution in [0.4, 0.5) is 5.95 Å². The highest BCUT2D eigenvalue weighted by Gasteiger charge is 2.26. The van der Waals surface area contributed by atoms with Gasteiger partial charge in [-0.25, -0.2) is 4.98 Å². The van der Waals surface area contributed by atoms with E-state index in [2.05, 4.69) is 65.9 Å². The number of anilines is 1. The highest BCUT2D eigenvalue weighted by molar-refractivity contribution is 5.52. The molecule has 2 atom stereocenters. The maximum atomic E-state index is 12.7. The number of hydrogen-bond acceptors (Lipinski definition) is 5. The monoisotopic (exact) mass is 394 g/mol. The fraction of sp³-hybridized carbons (Fsp3) is 0.478. The minimum atomic E-state index is 0.00741. The van der Waals surface area contributed by atoms with Gasteiger partial charge in [-0.2, -0.15) is 0 Å². The lowest BCUT2D eigenvalue weighted by molar-refractivity contribution is -0.00576. The van der Waals surface area contributed by atoms with Gasteiger partial charge in [-0.1, -0.05) is 42.0 Å². The summed E-state index contributed by atoms with van der Waals surface area (Å²) >= 11 is 0. The second-order valence-corrected chi connectivity index (χ2v) is 8.34. The van der Waals surface area contributed by atoms with Crippen molar-refractivity contribution in [2.45, 2.75) is 45.9 Å². The SMILES string of the molecule is C/C(=C\c1ccccc1)CN1CCc2c(nc(N3CC(C)OC(C)C3)[nH]c2=O)C1. The van der Waals surface area contributed by atoms with Gasteiger partial charge in [0.1, 0.15) is 0 Å². The highest BCUT2D eigenvalue weighted by atomic mass is 16.5. The maximum absolute atomic E-state index is 12.7. The van der Waals surface area contributed by atoms with Crippen LogP contribution < -0.4 is 10.5 Å². The third kappa shape index (κ3) is 4.77. The minimum absolute atomic E-state index is 0.00741. The summed E-state index contributed by atoms with van der Waals surface area (Å²) in [6.07, 6.45) is 3.22. The number of benzene rings is 1. The van der Waals surface area contributed by atoms with Crippen molar-refractivity contribution in [3.05, 3.63) is 63.1 Å². The summed E-state index contributed by atoms with van der Waals surface area (Å²) in [4.78, 5) is 25.1. The second kappa shape index (κ2) is 8.51. The van der Waals surface area contributed by atoms with E-state index >= 15 is 0 Å². The predicted molar refractivity (Wildman–Crippen MR) is 116 cm³/mol. The van der Waals surface area contributed by atoms with Crippen molar-refractivity contribution in [3.63, 3.8) is 0 Å². The first-order chi connectivity index (χ1) is 14.0. The van der Waals surface area contributed by atoms with Gasteiger partial charge in [0.2, 0.25) is 5.95 Å². The number of nitrogens with zero attached hydrogens (tertiary/aromatic N) is 3. The normalized spacial score (nSPS) is 23.1. The summed E-state index contributed by atoms with van der Waals surface area (Å²) in [5.41, 5.74) is 4.28. The zero-order valence-corrected chi connectivity index (χ0v) is 17.5. The van der Waals surface area contributed by atoms with Crippen LogP contribution in [0.15, 0.2) is 40.7 Å². The molecule has 154 valence electrons. The van der Waals surface area contributed by atoms with Crippen molar-refractivity contribution in [1.82, 2.24) is 14.9 Å². The molecular formula is C23H30N4O2. The standard InChI is InChI=1S/C23H30N4O2/c1-16(11-19-7-5-4-6-8-19)12-26-10-9-20-21(15-26)24-23(25-22(20)28)27-13-17(2)29-18(3)14-27/h4-8,11,17-18H,9-10,12-15H2,1-3H3,(H,24,25,28)/b16-11+. The van der Waals surface area contributed by atoms with Crippen LogP contribution in [0, 0.1) is 0 Å². The van der Waals surface area contributed by atoms with Gasteiger partial charge in [0.05, 0.1) is 17.9 Å². The van der Waals surface area contributed by atoms with Gasteiger partial charge in [-0.15, -0.1) is 0 Å². The van der Waals surface area contributed by atoms with Gasteiger partial charge in [0, 0.05) is 38.3 Å². The summed E-state index contributed by atoms with van der Waals surface area (Å²) in [6.45, 7) is 10.2. The molecule has 2 aromatic rings. The van der Waals surface area contributed by atoms with Gasteiger partial charge in [0.25, 0.3) is 5.56 Å². The number of nitrogens with one attached hydrogen (secondary N) is 1. The molecule has 1 aromatic heterocycles. The summed E-state index contributed by atoms with van der Waals surface area (Å²) in [6, 6.07) is 10.4. The molecule has 0 spiro atoms. The van der Waals surface area contributed by atoms with Gasteiger partial charge in [-0.05, 0) is 32.8 Å². The number of hydrogen-bond donors (Lipinski definition) is 1. The average Bonchev–Trinajstić information content (AvgIpc) is 2.67. The van der Waals surface area contributed by atoms with E-state index in [1.807, 2.05) is 6.07 Å². The Balaban J connectivity index is 1.50. The zero-order valence-electron chi connectivity index (χ0n) is 17.5. The molecule has 1 aromatic carbocycles. The Morgan fingerprint density at radius 2 is 1.97 bits per heavy atom. The number of morpholine rings is 1. The molecule has 29 heavy (non-hydrogen) atoms. The lowest BCUT2D eigenvalue weighted by Crippen LogP contribution is -2.47. The first kappa shape index (κ1) is 19.9. The van der Waals surface area contributed by atoms with E-state index in [4.69, 9.17) is 9.72 Å². The lowest BCUT2D eigenvalue weighted by Gasteiger charge is -2.36. The summed E-state index contributed by atoms with van der Waals surface area (Å²) in [5, 5.41) is 0. The smallest absolute Gasteiger partial charge is 0.255 e. The van der Waals surface area contributed by atoms with Gasteiger partial charge in [0.15, 0.2) is 0 Å². The van der Waals surface area contributed by atoms with E-state index in [-0.39, 0.29) is 17.8 Å². The van der Waals surface area contributed by atoms with Gasteiger partial charge < -0.3 is 9.64 Å². The topological polar surface area (TPSA) is 61.5 Å². The Hall–Kier alpha value is -2.44. The first-order valence-corrected chi connectivity index (χ1v) is 10.4. The van der Waals surface area contributed by atoms with Crippen molar-refractivity contribution < 1.29 is 4.74 Å². The molecular weight excluding hydrogens is 364 g/mol. The van der Waals surface area contributed by atoms with E-state index in [1.165, 1.54) is 11.1 Å². The summed E-state index contributed by atoms with van der Waals surface area (Å²) in [5.74, 6) is 0.675. The molecule has 1 fully saturated rings. The van der Waals surface area contributed by atoms with Crippen molar-refractivity contribution in [2.75, 3.05) is 31.1 Å². The third-order valence-corrected chi connectivity index (χ3v) is 5.54. The fourth-order valence-electron chi connectivity index (χ4n) is 4.35.